The number of anilines is 1. The normalized spacial score (nSPS) is 10.5. The van der Waals surface area contributed by atoms with Gasteiger partial charge < -0.3 is 10.2 Å². The van der Waals surface area contributed by atoms with Crippen LogP contribution in [0.5, 0.6) is 0 Å². The first-order valence-electron chi connectivity index (χ1n) is 8.92. The molecule has 30 heavy (non-hydrogen) atoms. The van der Waals surface area contributed by atoms with Gasteiger partial charge in [0, 0.05) is 36.4 Å². The number of carbonyl (C=O) groups is 2. The Morgan fingerprint density at radius 3 is 2.40 bits per heavy atom. The van der Waals surface area contributed by atoms with E-state index in [0.717, 1.165) is 11.8 Å². The van der Waals surface area contributed by atoms with Gasteiger partial charge in [-0.05, 0) is 55.1 Å². The highest BCUT2D eigenvalue weighted by Crippen LogP contribution is 2.22. The quantitative estimate of drug-likeness (QED) is 0.643. The Morgan fingerprint density at radius 2 is 1.77 bits per heavy atom. The van der Waals surface area contributed by atoms with Crippen LogP contribution < -0.4 is 10.7 Å². The SMILES string of the molecule is Cc1cc(=O)c(C(=O)Nc2ccc(SC(=O)N(C)C)cc2)nn1-c1ccccc1F. The fourth-order valence-corrected chi connectivity index (χ4v) is 3.22. The van der Waals surface area contributed by atoms with Gasteiger partial charge in [-0.1, -0.05) is 12.1 Å². The molecule has 2 amide bonds. The zero-order valence-corrected chi connectivity index (χ0v) is 17.4. The van der Waals surface area contributed by atoms with Gasteiger partial charge in [-0.15, -0.1) is 0 Å². The van der Waals surface area contributed by atoms with E-state index in [-0.39, 0.29) is 16.6 Å². The molecule has 0 saturated carbocycles. The van der Waals surface area contributed by atoms with E-state index in [4.69, 9.17) is 0 Å². The summed E-state index contributed by atoms with van der Waals surface area (Å²) in [5.41, 5.74) is 0.0388. The topological polar surface area (TPSA) is 84.3 Å². The van der Waals surface area contributed by atoms with Crippen LogP contribution in [0.3, 0.4) is 0 Å². The Balaban J connectivity index is 1.84. The summed E-state index contributed by atoms with van der Waals surface area (Å²) in [6, 6.07) is 13.8. The van der Waals surface area contributed by atoms with Crippen LogP contribution in [0.4, 0.5) is 14.9 Å². The highest BCUT2D eigenvalue weighted by molar-refractivity contribution is 8.13. The Hall–Kier alpha value is -3.46. The Bertz CT molecular complexity index is 1160. The molecule has 0 fully saturated rings. The van der Waals surface area contributed by atoms with E-state index >= 15 is 0 Å². The number of halogens is 1. The second-order valence-corrected chi connectivity index (χ2v) is 7.63. The molecular formula is C21H19FN4O3S. The van der Waals surface area contributed by atoms with Crippen LogP contribution in [0.1, 0.15) is 16.2 Å². The van der Waals surface area contributed by atoms with Crippen molar-refractivity contribution in [1.82, 2.24) is 14.7 Å². The minimum absolute atomic E-state index is 0.121. The summed E-state index contributed by atoms with van der Waals surface area (Å²) in [5, 5.41) is 6.55. The Kier molecular flexibility index (Phi) is 6.31. The van der Waals surface area contributed by atoms with Crippen LogP contribution in [0.25, 0.3) is 5.69 Å². The number of aromatic nitrogens is 2. The average Bonchev–Trinajstić information content (AvgIpc) is 2.70. The lowest BCUT2D eigenvalue weighted by Crippen LogP contribution is -2.27. The molecule has 9 heteroatoms. The molecule has 1 N–H and O–H groups in total. The molecular weight excluding hydrogens is 407 g/mol. The van der Waals surface area contributed by atoms with Crippen molar-refractivity contribution in [1.29, 1.82) is 0 Å². The van der Waals surface area contributed by atoms with Gasteiger partial charge in [-0.25, -0.2) is 9.07 Å². The number of hydrogen-bond donors (Lipinski definition) is 1. The van der Waals surface area contributed by atoms with Crippen molar-refractivity contribution < 1.29 is 14.0 Å². The smallest absolute Gasteiger partial charge is 0.285 e. The van der Waals surface area contributed by atoms with Crippen molar-refractivity contribution in [2.75, 3.05) is 19.4 Å². The van der Waals surface area contributed by atoms with E-state index in [0.29, 0.717) is 16.3 Å². The zero-order valence-electron chi connectivity index (χ0n) is 16.5. The summed E-state index contributed by atoms with van der Waals surface area (Å²) in [6.07, 6.45) is 0. The minimum atomic E-state index is -0.713. The summed E-state index contributed by atoms with van der Waals surface area (Å²) in [5.74, 6) is -1.24. The summed E-state index contributed by atoms with van der Waals surface area (Å²) < 4.78 is 15.4. The van der Waals surface area contributed by atoms with Crippen LogP contribution in [0, 0.1) is 12.7 Å². The maximum absolute atomic E-state index is 14.1. The van der Waals surface area contributed by atoms with E-state index in [1.807, 2.05) is 0 Å². The fourth-order valence-electron chi connectivity index (χ4n) is 2.56. The second-order valence-electron chi connectivity index (χ2n) is 6.60. The van der Waals surface area contributed by atoms with Crippen LogP contribution >= 0.6 is 11.8 Å². The lowest BCUT2D eigenvalue weighted by molar-refractivity contribution is 0.101. The van der Waals surface area contributed by atoms with Gasteiger partial charge in [0.15, 0.2) is 5.69 Å². The van der Waals surface area contributed by atoms with Crippen molar-refractivity contribution in [3.63, 3.8) is 0 Å². The van der Waals surface area contributed by atoms with Crippen molar-refractivity contribution in [2.45, 2.75) is 11.8 Å². The van der Waals surface area contributed by atoms with Crippen LogP contribution in [0.2, 0.25) is 0 Å². The predicted molar refractivity (Wildman–Crippen MR) is 114 cm³/mol. The predicted octanol–water partition coefficient (Wildman–Crippen LogP) is 3.71. The molecule has 7 nitrogen and oxygen atoms in total. The van der Waals surface area contributed by atoms with Gasteiger partial charge >= 0.3 is 0 Å². The van der Waals surface area contributed by atoms with Crippen LogP contribution in [-0.2, 0) is 0 Å². The first kappa shape index (κ1) is 21.3. The van der Waals surface area contributed by atoms with Gasteiger partial charge in [-0.2, -0.15) is 5.10 Å². The van der Waals surface area contributed by atoms with Crippen molar-refractivity contribution >= 4 is 28.6 Å². The number of nitrogens with one attached hydrogen (secondary N) is 1. The maximum Gasteiger partial charge on any atom is 0.285 e. The Labute approximate surface area is 176 Å². The Morgan fingerprint density at radius 1 is 1.10 bits per heavy atom. The lowest BCUT2D eigenvalue weighted by Gasteiger charge is -2.12. The number of thioether (sulfide) groups is 1. The molecule has 154 valence electrons. The van der Waals surface area contributed by atoms with Gasteiger partial charge in [0.25, 0.3) is 11.1 Å². The van der Waals surface area contributed by atoms with Crippen molar-refractivity contribution in [3.8, 4) is 5.69 Å². The molecule has 0 aliphatic heterocycles. The highest BCUT2D eigenvalue weighted by atomic mass is 32.2. The van der Waals surface area contributed by atoms with E-state index in [9.17, 15) is 18.8 Å². The molecule has 1 heterocycles. The molecule has 2 aromatic carbocycles. The molecule has 0 aliphatic rings. The van der Waals surface area contributed by atoms with E-state index in [2.05, 4.69) is 10.4 Å². The molecule has 0 bridgehead atoms. The second kappa shape index (κ2) is 8.91. The van der Waals surface area contributed by atoms with E-state index < -0.39 is 17.2 Å². The third kappa shape index (κ3) is 4.74. The highest BCUT2D eigenvalue weighted by Gasteiger charge is 2.17. The molecule has 1 aromatic heterocycles. The van der Waals surface area contributed by atoms with Crippen LogP contribution in [0.15, 0.2) is 64.3 Å². The zero-order chi connectivity index (χ0) is 21.8. The molecule has 3 aromatic rings. The largest absolute Gasteiger partial charge is 0.339 e. The lowest BCUT2D eigenvalue weighted by atomic mass is 10.2. The molecule has 0 atom stereocenters. The summed E-state index contributed by atoms with van der Waals surface area (Å²) in [6.45, 7) is 1.61. The monoisotopic (exact) mass is 426 g/mol. The molecule has 3 rings (SSSR count). The van der Waals surface area contributed by atoms with Crippen molar-refractivity contribution in [2.24, 2.45) is 0 Å². The number of para-hydroxylation sites is 1. The molecule has 0 radical (unpaired) electrons. The number of carbonyl (C=O) groups excluding carboxylic acids is 2. The number of benzene rings is 2. The number of nitrogens with zero attached hydrogens (tertiary/aromatic N) is 3. The number of amides is 2. The standard InChI is InChI=1S/C21H19FN4O3S/c1-13-12-18(27)19(24-26(13)17-7-5-4-6-16(17)22)20(28)23-14-8-10-15(11-9-14)30-21(29)25(2)3/h4-12H,1-3H3,(H,23,28). The number of rotatable bonds is 4. The number of aryl methyl sites for hydroxylation is 1. The summed E-state index contributed by atoms with van der Waals surface area (Å²) in [4.78, 5) is 38.8. The first-order chi connectivity index (χ1) is 14.3. The fraction of sp³-hybridized carbons (Fsp3) is 0.143. The van der Waals surface area contributed by atoms with E-state index in [1.54, 1.807) is 57.4 Å². The van der Waals surface area contributed by atoms with Gasteiger partial charge in [0.2, 0.25) is 5.43 Å². The maximum atomic E-state index is 14.1. The third-order valence-electron chi connectivity index (χ3n) is 4.09. The average molecular weight is 426 g/mol. The summed E-state index contributed by atoms with van der Waals surface area (Å²) in [7, 11) is 3.32. The molecule has 0 aliphatic carbocycles. The minimum Gasteiger partial charge on any atom is -0.339 e. The number of hydrogen-bond acceptors (Lipinski definition) is 5. The van der Waals surface area contributed by atoms with Crippen LogP contribution in [-0.4, -0.2) is 39.9 Å². The van der Waals surface area contributed by atoms with Crippen molar-refractivity contribution in [3.05, 3.63) is 82.0 Å². The third-order valence-corrected chi connectivity index (χ3v) is 5.13. The summed E-state index contributed by atoms with van der Waals surface area (Å²) >= 11 is 1.05. The first-order valence-corrected chi connectivity index (χ1v) is 9.74. The molecule has 0 spiro atoms. The van der Waals surface area contributed by atoms with Gasteiger partial charge in [-0.3, -0.25) is 14.4 Å². The molecule has 0 unspecified atom stereocenters. The van der Waals surface area contributed by atoms with E-state index in [1.165, 1.54) is 27.8 Å². The van der Waals surface area contributed by atoms with Gasteiger partial charge in [0.05, 0.1) is 0 Å². The molecule has 0 saturated heterocycles. The van der Waals surface area contributed by atoms with Gasteiger partial charge in [0.1, 0.15) is 11.5 Å².